The molecule has 0 aliphatic carbocycles. The van der Waals surface area contributed by atoms with Crippen molar-refractivity contribution in [3.8, 4) is 0 Å². The predicted octanol–water partition coefficient (Wildman–Crippen LogP) is 6.30. The number of ketones is 4. The number of aliphatic carboxylic acids is 2. The Bertz CT molecular complexity index is 2160. The topological polar surface area (TPSA) is 263 Å². The molecule has 0 bridgehead atoms. The number of Topliss-reactive ketones (excluding diaryl/α,β-unsaturated/α-hetero) is 4. The lowest BCUT2D eigenvalue weighted by Crippen LogP contribution is -2.54. The molecule has 1 heterocycles. The third-order valence-electron chi connectivity index (χ3n) is 15.7. The van der Waals surface area contributed by atoms with E-state index in [1.165, 1.54) is 26.0 Å². The number of methoxy groups -OCH3 is 2. The zero-order valence-corrected chi connectivity index (χ0v) is 50.3. The third kappa shape index (κ3) is 22.4. The second-order valence-electron chi connectivity index (χ2n) is 22.2. The fourth-order valence-electron chi connectivity index (χ4n) is 10.6. The number of benzene rings is 1. The van der Waals surface area contributed by atoms with Crippen LogP contribution in [0.1, 0.15) is 145 Å². The lowest BCUT2D eigenvalue weighted by atomic mass is 9.83. The van der Waals surface area contributed by atoms with Crippen LogP contribution in [-0.2, 0) is 63.8 Å². The largest absolute Gasteiger partial charge is 0.481 e. The summed E-state index contributed by atoms with van der Waals surface area (Å²) in [7, 11) is 6.29. The van der Waals surface area contributed by atoms with Gasteiger partial charge in [0.1, 0.15) is 22.6 Å². The van der Waals surface area contributed by atoms with Gasteiger partial charge in [-0.3, -0.25) is 53.3 Å². The van der Waals surface area contributed by atoms with Gasteiger partial charge in [0.15, 0.2) is 5.78 Å². The molecule has 0 spiro atoms. The number of ether oxygens (including phenoxy) is 2. The van der Waals surface area contributed by atoms with Gasteiger partial charge < -0.3 is 39.7 Å². The van der Waals surface area contributed by atoms with E-state index in [-0.39, 0.29) is 116 Å². The first-order valence-corrected chi connectivity index (χ1v) is 29.4. The van der Waals surface area contributed by atoms with Crippen LogP contribution in [0.25, 0.3) is 0 Å². The Balaban J connectivity index is 2.09. The average Bonchev–Trinajstić information content (AvgIpc) is 3.92. The maximum absolute atomic E-state index is 14.7. The Hall–Kier alpha value is -5.05. The SMILES string of the molecule is CCC(=O)CNC(CSC(CC(=O)NCCCCCC(=O)N(C)[C@H](C(=O)C[C@H](C(=O)N(C)[C@@H]([C@@H](C)CC)[C@@H](CC(=O)N1CCC[C@H]1[C@H](OC)[C@@H](C)C(=O)C[C@@H](Cc1ccccc1)C(=O)O)OC)C(C)C)C(C)C)C(=O)O)C(C)=O. The summed E-state index contributed by atoms with van der Waals surface area (Å²) in [6, 6.07) is 6.61. The van der Waals surface area contributed by atoms with E-state index in [1.807, 2.05) is 71.9 Å². The second-order valence-corrected chi connectivity index (χ2v) is 23.4. The van der Waals surface area contributed by atoms with Gasteiger partial charge in [-0.1, -0.05) is 98.6 Å². The van der Waals surface area contributed by atoms with Gasteiger partial charge in [-0.05, 0) is 62.3 Å². The minimum atomic E-state index is -1.19. The number of unbranched alkanes of at least 4 members (excludes halogenated alkanes) is 2. The number of likely N-dealkylation sites (N-methyl/N-ethyl adjacent to an activating group) is 2. The molecule has 1 aromatic rings. The molecule has 1 aliphatic rings. The summed E-state index contributed by atoms with van der Waals surface area (Å²) < 4.78 is 12.0. The summed E-state index contributed by atoms with van der Waals surface area (Å²) >= 11 is 0.957. The van der Waals surface area contributed by atoms with Gasteiger partial charge in [0.2, 0.25) is 23.6 Å². The molecule has 2 rings (SSSR count). The number of thioether (sulfide) groups is 1. The monoisotopic (exact) mass is 1130 g/mol. The summed E-state index contributed by atoms with van der Waals surface area (Å²) in [5.74, 6) is -7.26. The van der Waals surface area contributed by atoms with E-state index in [0.29, 0.717) is 51.5 Å². The number of carboxylic acid groups (broad SMARTS) is 2. The maximum Gasteiger partial charge on any atom is 0.317 e. The van der Waals surface area contributed by atoms with Crippen molar-refractivity contribution in [2.45, 2.75) is 187 Å². The number of likely N-dealkylation sites (tertiary alicyclic amines) is 1. The normalized spacial score (nSPS) is 17.4. The molecule has 4 amide bonds. The van der Waals surface area contributed by atoms with Crippen LogP contribution in [-0.4, -0.2) is 179 Å². The maximum atomic E-state index is 14.7. The van der Waals surface area contributed by atoms with Crippen LogP contribution in [0.2, 0.25) is 0 Å². The number of hydrogen-bond donors (Lipinski definition) is 4. The van der Waals surface area contributed by atoms with E-state index in [9.17, 15) is 58.2 Å². The lowest BCUT2D eigenvalue weighted by molar-refractivity contribution is -0.150. The lowest BCUT2D eigenvalue weighted by Gasteiger charge is -2.41. The summed E-state index contributed by atoms with van der Waals surface area (Å²) in [5, 5.41) is 24.3. The summed E-state index contributed by atoms with van der Waals surface area (Å²) in [6.07, 6.45) is 2.01. The minimum absolute atomic E-state index is 0.00687. The van der Waals surface area contributed by atoms with Crippen LogP contribution < -0.4 is 10.6 Å². The van der Waals surface area contributed by atoms with Gasteiger partial charge in [-0.25, -0.2) is 0 Å². The Morgan fingerprint density at radius 1 is 0.797 bits per heavy atom. The summed E-state index contributed by atoms with van der Waals surface area (Å²) in [4.78, 5) is 136. The molecule has 1 fully saturated rings. The molecule has 0 saturated carbocycles. The number of hydrogen-bond acceptors (Lipinski definition) is 14. The molecular weight excluding hydrogens is 1030 g/mol. The molecule has 1 saturated heterocycles. The van der Waals surface area contributed by atoms with Crippen molar-refractivity contribution in [3.05, 3.63) is 35.9 Å². The first kappa shape index (κ1) is 70.1. The van der Waals surface area contributed by atoms with Gasteiger partial charge in [-0.15, -0.1) is 11.8 Å². The predicted molar refractivity (Wildman–Crippen MR) is 304 cm³/mol. The number of carbonyl (C=O) groups is 10. The smallest absolute Gasteiger partial charge is 0.317 e. The Morgan fingerprint density at radius 2 is 1.46 bits per heavy atom. The van der Waals surface area contributed by atoms with Crippen molar-refractivity contribution in [2.75, 3.05) is 53.7 Å². The first-order valence-electron chi connectivity index (χ1n) is 28.3. The Labute approximate surface area is 474 Å². The van der Waals surface area contributed by atoms with Gasteiger partial charge in [-0.2, -0.15) is 0 Å². The molecule has 0 radical (unpaired) electrons. The van der Waals surface area contributed by atoms with Crippen LogP contribution in [0, 0.1) is 35.5 Å². The zero-order chi connectivity index (χ0) is 59.7. The van der Waals surface area contributed by atoms with E-state index >= 15 is 0 Å². The number of nitrogens with zero attached hydrogens (tertiary/aromatic N) is 3. The van der Waals surface area contributed by atoms with E-state index in [0.717, 1.165) is 17.3 Å². The van der Waals surface area contributed by atoms with Crippen molar-refractivity contribution >= 4 is 70.5 Å². The number of carboxylic acids is 2. The highest BCUT2D eigenvalue weighted by molar-refractivity contribution is 8.00. The van der Waals surface area contributed by atoms with E-state index in [1.54, 1.807) is 37.7 Å². The molecule has 79 heavy (non-hydrogen) atoms. The summed E-state index contributed by atoms with van der Waals surface area (Å²) in [6.45, 7) is 16.9. The van der Waals surface area contributed by atoms with Crippen LogP contribution >= 0.6 is 11.8 Å². The highest BCUT2D eigenvalue weighted by Gasteiger charge is 2.44. The van der Waals surface area contributed by atoms with Crippen molar-refractivity contribution in [1.29, 1.82) is 0 Å². The van der Waals surface area contributed by atoms with Gasteiger partial charge in [0.25, 0.3) is 0 Å². The minimum Gasteiger partial charge on any atom is -0.481 e. The Morgan fingerprint density at radius 3 is 2.00 bits per heavy atom. The second kappa shape index (κ2) is 35.6. The number of amides is 4. The number of nitrogens with one attached hydrogen (secondary N) is 2. The van der Waals surface area contributed by atoms with Crippen LogP contribution in [0.3, 0.4) is 0 Å². The van der Waals surface area contributed by atoms with Crippen LogP contribution in [0.4, 0.5) is 0 Å². The molecule has 20 heteroatoms. The van der Waals surface area contributed by atoms with E-state index in [4.69, 9.17) is 9.47 Å². The van der Waals surface area contributed by atoms with Crippen LogP contribution in [0.15, 0.2) is 30.3 Å². The van der Waals surface area contributed by atoms with E-state index < -0.39 is 77.2 Å². The first-order chi connectivity index (χ1) is 37.3. The van der Waals surface area contributed by atoms with Crippen molar-refractivity contribution in [2.24, 2.45) is 35.5 Å². The highest BCUT2D eigenvalue weighted by atomic mass is 32.2. The molecule has 11 atom stereocenters. The number of rotatable bonds is 40. The quantitative estimate of drug-likeness (QED) is 0.0525. The Kier molecular flexibility index (Phi) is 31.6. The van der Waals surface area contributed by atoms with Crippen molar-refractivity contribution in [3.63, 3.8) is 0 Å². The molecule has 2 unspecified atom stereocenters. The van der Waals surface area contributed by atoms with Gasteiger partial charge >= 0.3 is 11.9 Å². The standard InChI is InChI=1S/C59H95N5O14S/c1-14-38(7)55(49(77-12)32-53(71)64-28-22-25-46(64)56(78-13)39(8)47(67)30-42(58(73)74)29-41-23-18-16-19-24-41)63(11)57(72)44(36(3)4)31-48(68)54(37(5)6)62(10)52(70)26-20-17-21-27-60-51(69)33-50(59(75)76)79-35-45(40(9)65)61-34-43(66)15-2/h16,18-19,23-24,36-39,42,44-46,49-50,54-56,61H,14-15,17,20-22,25-35H2,1-13H3,(H,60,69)(H,73,74)(H,75,76)/t38-,39-,42+,44-,45?,46-,49+,50?,54-,55-,56+/m0/s1. The van der Waals surface area contributed by atoms with Crippen molar-refractivity contribution < 1.29 is 67.6 Å². The number of carbonyl (C=O) groups excluding carboxylic acids is 8. The average molecular weight is 1130 g/mol. The van der Waals surface area contributed by atoms with Crippen molar-refractivity contribution in [1.82, 2.24) is 25.3 Å². The molecule has 446 valence electrons. The fraction of sp³-hybridized carbons (Fsp3) is 0.729. The van der Waals surface area contributed by atoms with Gasteiger partial charge in [0, 0.05) is 91.1 Å². The van der Waals surface area contributed by atoms with E-state index in [2.05, 4.69) is 10.6 Å². The molecule has 1 aromatic carbocycles. The molecule has 0 aromatic heterocycles. The molecule has 4 N–H and O–H groups in total. The van der Waals surface area contributed by atoms with Gasteiger partial charge in [0.05, 0.1) is 55.3 Å². The molecule has 19 nitrogen and oxygen atoms in total. The molecular formula is C59H95N5O14S. The highest BCUT2D eigenvalue weighted by Crippen LogP contribution is 2.32. The zero-order valence-electron chi connectivity index (χ0n) is 49.5. The molecule has 1 aliphatic heterocycles. The fourth-order valence-corrected chi connectivity index (χ4v) is 11.8. The van der Waals surface area contributed by atoms with Crippen LogP contribution in [0.5, 0.6) is 0 Å². The summed E-state index contributed by atoms with van der Waals surface area (Å²) in [5.41, 5.74) is 0.817. The third-order valence-corrected chi connectivity index (χ3v) is 17.0.